The molecule has 0 aliphatic rings. The molecule has 30 heavy (non-hydrogen) atoms. The third-order valence-corrected chi connectivity index (χ3v) is 4.92. The molecule has 0 bridgehead atoms. The molecule has 0 fully saturated rings. The number of hydrogen-bond donors (Lipinski definition) is 0. The van der Waals surface area contributed by atoms with E-state index < -0.39 is 5.97 Å². The van der Waals surface area contributed by atoms with E-state index in [2.05, 4.69) is 36.4 Å². The van der Waals surface area contributed by atoms with Crippen molar-refractivity contribution in [2.75, 3.05) is 7.11 Å². The van der Waals surface area contributed by atoms with Crippen LogP contribution in [0.4, 0.5) is 0 Å². The van der Waals surface area contributed by atoms with Gasteiger partial charge in [-0.15, -0.1) is 0 Å². The molecule has 3 heteroatoms. The maximum Gasteiger partial charge on any atom is 0.343 e. The number of aryl methyl sites for hydroxylation is 1. The Morgan fingerprint density at radius 3 is 2.43 bits per heavy atom. The van der Waals surface area contributed by atoms with Crippen LogP contribution in [0.3, 0.4) is 0 Å². The Hall–Kier alpha value is -3.85. The summed E-state index contributed by atoms with van der Waals surface area (Å²) in [5.74, 6) is 0.499. The smallest absolute Gasteiger partial charge is 0.343 e. The summed E-state index contributed by atoms with van der Waals surface area (Å²) >= 11 is 0. The number of esters is 1. The van der Waals surface area contributed by atoms with Crippen LogP contribution in [0.2, 0.25) is 0 Å². The van der Waals surface area contributed by atoms with Crippen molar-refractivity contribution in [3.8, 4) is 11.5 Å². The number of rotatable bonds is 5. The molecule has 0 saturated heterocycles. The van der Waals surface area contributed by atoms with Crippen LogP contribution >= 0.6 is 0 Å². The first-order valence-electron chi connectivity index (χ1n) is 9.77. The Balaban J connectivity index is 1.57. The van der Waals surface area contributed by atoms with Gasteiger partial charge in [0.2, 0.25) is 0 Å². The van der Waals surface area contributed by atoms with Crippen LogP contribution < -0.4 is 9.47 Å². The highest BCUT2D eigenvalue weighted by Gasteiger charge is 2.12. The molecule has 0 aliphatic heterocycles. The van der Waals surface area contributed by atoms with E-state index in [1.165, 1.54) is 10.8 Å². The lowest BCUT2D eigenvalue weighted by atomic mass is 10.0. The number of hydrogen-bond acceptors (Lipinski definition) is 3. The van der Waals surface area contributed by atoms with Gasteiger partial charge in [0.15, 0.2) is 11.5 Å². The summed E-state index contributed by atoms with van der Waals surface area (Å²) in [5.41, 5.74) is 3.61. The molecule has 3 nitrogen and oxygen atoms in total. The van der Waals surface area contributed by atoms with E-state index in [0.29, 0.717) is 17.1 Å². The average Bonchev–Trinajstić information content (AvgIpc) is 2.78. The summed E-state index contributed by atoms with van der Waals surface area (Å²) in [6.45, 7) is 1.94. The Bertz CT molecular complexity index is 1230. The molecule has 0 amide bonds. The van der Waals surface area contributed by atoms with Gasteiger partial charge in [0.05, 0.1) is 12.7 Å². The highest BCUT2D eigenvalue weighted by atomic mass is 16.6. The molecule has 0 N–H and O–H groups in total. The zero-order valence-electron chi connectivity index (χ0n) is 17.0. The van der Waals surface area contributed by atoms with E-state index in [1.54, 1.807) is 25.3 Å². The lowest BCUT2D eigenvalue weighted by Crippen LogP contribution is -2.09. The van der Waals surface area contributed by atoms with E-state index in [0.717, 1.165) is 16.7 Å². The third kappa shape index (κ3) is 4.26. The first-order valence-corrected chi connectivity index (χ1v) is 9.77. The van der Waals surface area contributed by atoms with Gasteiger partial charge in [0, 0.05) is 0 Å². The zero-order valence-corrected chi connectivity index (χ0v) is 17.0. The average molecular weight is 394 g/mol. The van der Waals surface area contributed by atoms with Crippen molar-refractivity contribution < 1.29 is 14.3 Å². The quantitative estimate of drug-likeness (QED) is 0.219. The van der Waals surface area contributed by atoms with Crippen LogP contribution in [-0.4, -0.2) is 13.1 Å². The van der Waals surface area contributed by atoms with Crippen LogP contribution in [0.15, 0.2) is 84.9 Å². The standard InChI is InChI=1S/C27H22O3/c1-19-7-5-11-23(17-19)27(28)30-25-16-14-20(18-26(25)29-2)13-15-22-10-6-9-21-8-3-4-12-24(21)22/h3-18H,1-2H3/b15-13+. The molecule has 4 rings (SSSR count). The molecular formula is C27H22O3. The van der Waals surface area contributed by atoms with Crippen LogP contribution in [0.5, 0.6) is 11.5 Å². The molecule has 0 aliphatic carbocycles. The van der Waals surface area contributed by atoms with Crippen LogP contribution in [0, 0.1) is 6.92 Å². The van der Waals surface area contributed by atoms with Gasteiger partial charge in [-0.1, -0.05) is 78.4 Å². The summed E-state index contributed by atoms with van der Waals surface area (Å²) in [4.78, 5) is 12.5. The van der Waals surface area contributed by atoms with Gasteiger partial charge in [0.1, 0.15) is 0 Å². The fourth-order valence-corrected chi connectivity index (χ4v) is 3.38. The SMILES string of the molecule is COc1cc(/C=C/c2cccc3ccccc23)ccc1OC(=O)c1cccc(C)c1. The van der Waals surface area contributed by atoms with Gasteiger partial charge in [0.25, 0.3) is 0 Å². The molecule has 4 aromatic carbocycles. The summed E-state index contributed by atoms with van der Waals surface area (Å²) in [5, 5.41) is 2.41. The van der Waals surface area contributed by atoms with Gasteiger partial charge in [-0.2, -0.15) is 0 Å². The summed E-state index contributed by atoms with van der Waals surface area (Å²) < 4.78 is 11.0. The fourth-order valence-electron chi connectivity index (χ4n) is 3.38. The van der Waals surface area contributed by atoms with Crippen molar-refractivity contribution in [3.63, 3.8) is 0 Å². The summed E-state index contributed by atoms with van der Waals surface area (Å²) in [6, 6.07) is 27.4. The fraction of sp³-hybridized carbons (Fsp3) is 0.0741. The monoisotopic (exact) mass is 394 g/mol. The largest absolute Gasteiger partial charge is 0.493 e. The lowest BCUT2D eigenvalue weighted by molar-refractivity contribution is 0.0729. The minimum atomic E-state index is -0.406. The van der Waals surface area contributed by atoms with Gasteiger partial charge in [-0.05, 0) is 53.1 Å². The summed E-state index contributed by atoms with van der Waals surface area (Å²) in [7, 11) is 1.57. The second-order valence-electron chi connectivity index (χ2n) is 7.07. The molecule has 0 aromatic heterocycles. The van der Waals surface area contributed by atoms with Crippen LogP contribution in [0.25, 0.3) is 22.9 Å². The molecule has 0 radical (unpaired) electrons. The predicted octanol–water partition coefficient (Wildman–Crippen LogP) is 6.55. The molecule has 0 atom stereocenters. The van der Waals surface area contributed by atoms with Crippen LogP contribution in [0.1, 0.15) is 27.0 Å². The van der Waals surface area contributed by atoms with E-state index in [1.807, 2.05) is 49.4 Å². The summed E-state index contributed by atoms with van der Waals surface area (Å²) in [6.07, 6.45) is 4.10. The Labute approximate surface area is 176 Å². The van der Waals surface area contributed by atoms with Crippen molar-refractivity contribution in [2.45, 2.75) is 6.92 Å². The van der Waals surface area contributed by atoms with Crippen molar-refractivity contribution in [1.29, 1.82) is 0 Å². The van der Waals surface area contributed by atoms with Gasteiger partial charge in [-0.3, -0.25) is 0 Å². The topological polar surface area (TPSA) is 35.5 Å². The highest BCUT2D eigenvalue weighted by molar-refractivity contribution is 5.93. The van der Waals surface area contributed by atoms with E-state index in [4.69, 9.17) is 9.47 Å². The molecule has 4 aromatic rings. The van der Waals surface area contributed by atoms with E-state index in [-0.39, 0.29) is 0 Å². The number of carbonyl (C=O) groups is 1. The lowest BCUT2D eigenvalue weighted by Gasteiger charge is -2.10. The second-order valence-corrected chi connectivity index (χ2v) is 7.07. The van der Waals surface area contributed by atoms with Crippen molar-refractivity contribution in [1.82, 2.24) is 0 Å². The number of methoxy groups -OCH3 is 1. The third-order valence-electron chi connectivity index (χ3n) is 4.92. The minimum Gasteiger partial charge on any atom is -0.493 e. The van der Waals surface area contributed by atoms with Crippen LogP contribution in [-0.2, 0) is 0 Å². The van der Waals surface area contributed by atoms with Crippen molar-refractivity contribution in [3.05, 3.63) is 107 Å². The van der Waals surface area contributed by atoms with E-state index >= 15 is 0 Å². The van der Waals surface area contributed by atoms with Crippen molar-refractivity contribution >= 4 is 28.9 Å². The van der Waals surface area contributed by atoms with Gasteiger partial charge >= 0.3 is 5.97 Å². The highest BCUT2D eigenvalue weighted by Crippen LogP contribution is 2.30. The first kappa shape index (κ1) is 19.5. The Kier molecular flexibility index (Phi) is 5.62. The Morgan fingerprint density at radius 2 is 1.60 bits per heavy atom. The molecule has 0 unspecified atom stereocenters. The maximum absolute atomic E-state index is 12.5. The van der Waals surface area contributed by atoms with E-state index in [9.17, 15) is 4.79 Å². The minimum absolute atomic E-state index is 0.395. The van der Waals surface area contributed by atoms with Crippen molar-refractivity contribution in [2.24, 2.45) is 0 Å². The van der Waals surface area contributed by atoms with Gasteiger partial charge < -0.3 is 9.47 Å². The normalized spacial score (nSPS) is 11.0. The molecule has 0 saturated carbocycles. The number of benzene rings is 4. The number of ether oxygens (including phenoxy) is 2. The molecule has 0 spiro atoms. The molecule has 0 heterocycles. The number of carbonyl (C=O) groups excluding carboxylic acids is 1. The zero-order chi connectivity index (χ0) is 20.9. The molecule has 148 valence electrons. The predicted molar refractivity (Wildman–Crippen MR) is 122 cm³/mol. The Morgan fingerprint density at radius 1 is 0.800 bits per heavy atom. The maximum atomic E-state index is 12.5. The first-order chi connectivity index (χ1) is 14.6. The number of fused-ring (bicyclic) bond motifs is 1. The second kappa shape index (κ2) is 8.66. The molecular weight excluding hydrogens is 372 g/mol. The van der Waals surface area contributed by atoms with Gasteiger partial charge in [-0.25, -0.2) is 4.79 Å².